The minimum atomic E-state index is -0.299. The molecule has 0 radical (unpaired) electrons. The number of nitrogens with one attached hydrogen (secondary N) is 1. The van der Waals surface area contributed by atoms with Crippen molar-refractivity contribution in [2.24, 2.45) is 0 Å². The summed E-state index contributed by atoms with van der Waals surface area (Å²) >= 11 is 0. The van der Waals surface area contributed by atoms with Gasteiger partial charge in [-0.1, -0.05) is 48.5 Å². The number of hydrogen-bond donors (Lipinski definition) is 1. The third-order valence-corrected chi connectivity index (χ3v) is 4.71. The van der Waals surface area contributed by atoms with Gasteiger partial charge in [-0.25, -0.2) is 5.10 Å². The van der Waals surface area contributed by atoms with Crippen LogP contribution in [0.5, 0.6) is 0 Å². The van der Waals surface area contributed by atoms with Crippen molar-refractivity contribution in [3.05, 3.63) is 76.2 Å². The van der Waals surface area contributed by atoms with E-state index < -0.39 is 0 Å². The van der Waals surface area contributed by atoms with Crippen LogP contribution in [-0.2, 0) is 4.74 Å². The van der Waals surface area contributed by atoms with Crippen LogP contribution in [0.25, 0.3) is 10.8 Å². The molecule has 0 bridgehead atoms. The number of nitrogens with zero attached hydrogens (tertiary/aromatic N) is 2. The zero-order chi connectivity index (χ0) is 18.1. The molecule has 6 nitrogen and oxygen atoms in total. The van der Waals surface area contributed by atoms with Crippen LogP contribution in [0.4, 0.5) is 0 Å². The Balaban J connectivity index is 1.78. The van der Waals surface area contributed by atoms with Gasteiger partial charge in [0.2, 0.25) is 0 Å². The lowest BCUT2D eigenvalue weighted by molar-refractivity contribution is -0.0449. The third-order valence-electron chi connectivity index (χ3n) is 4.71. The number of aromatic nitrogens is 2. The summed E-state index contributed by atoms with van der Waals surface area (Å²) in [5, 5.41) is 7.53. The summed E-state index contributed by atoms with van der Waals surface area (Å²) in [7, 11) is 0. The number of benzene rings is 2. The molecule has 2 atom stereocenters. The smallest absolute Gasteiger partial charge is 0.275 e. The van der Waals surface area contributed by atoms with Gasteiger partial charge in [0.25, 0.3) is 11.5 Å². The van der Waals surface area contributed by atoms with Crippen LogP contribution in [0.3, 0.4) is 0 Å². The first-order valence-electron chi connectivity index (χ1n) is 8.60. The number of carbonyl (C=O) groups is 1. The molecule has 3 aromatic rings. The fourth-order valence-corrected chi connectivity index (χ4v) is 3.39. The van der Waals surface area contributed by atoms with E-state index in [0.29, 0.717) is 23.9 Å². The number of fused-ring (bicyclic) bond motifs is 1. The normalized spacial score (nSPS) is 20.3. The van der Waals surface area contributed by atoms with Gasteiger partial charge in [-0.15, -0.1) is 0 Å². The van der Waals surface area contributed by atoms with E-state index in [1.807, 2.05) is 37.3 Å². The molecule has 1 aliphatic heterocycles. The molecule has 4 rings (SSSR count). The Labute approximate surface area is 150 Å². The Morgan fingerprint density at radius 3 is 2.58 bits per heavy atom. The maximum Gasteiger partial charge on any atom is 0.275 e. The summed E-state index contributed by atoms with van der Waals surface area (Å²) in [4.78, 5) is 27.1. The molecule has 1 N–H and O–H groups in total. The lowest BCUT2D eigenvalue weighted by Crippen LogP contribution is -2.47. The fraction of sp³-hybridized carbons (Fsp3) is 0.250. The van der Waals surface area contributed by atoms with Gasteiger partial charge in [-0.2, -0.15) is 5.10 Å². The molecular formula is C20H19N3O3. The molecule has 6 heteroatoms. The number of ether oxygens (including phenoxy) is 1. The van der Waals surface area contributed by atoms with Crippen molar-refractivity contribution in [2.45, 2.75) is 19.1 Å². The highest BCUT2D eigenvalue weighted by molar-refractivity contribution is 6.04. The molecule has 2 aromatic carbocycles. The van der Waals surface area contributed by atoms with Gasteiger partial charge in [0.15, 0.2) is 5.69 Å². The summed E-state index contributed by atoms with van der Waals surface area (Å²) in [6.07, 6.45) is -0.0621. The van der Waals surface area contributed by atoms with Gasteiger partial charge < -0.3 is 9.64 Å². The number of amides is 1. The Morgan fingerprint density at radius 1 is 1.12 bits per heavy atom. The van der Waals surface area contributed by atoms with E-state index in [9.17, 15) is 9.59 Å². The van der Waals surface area contributed by atoms with Crippen molar-refractivity contribution < 1.29 is 9.53 Å². The lowest BCUT2D eigenvalue weighted by atomic mass is 10.0. The summed E-state index contributed by atoms with van der Waals surface area (Å²) in [5.41, 5.74) is 0.976. The van der Waals surface area contributed by atoms with Gasteiger partial charge in [0.05, 0.1) is 24.1 Å². The Kier molecular flexibility index (Phi) is 4.26. The highest BCUT2D eigenvalue weighted by atomic mass is 16.5. The monoisotopic (exact) mass is 349 g/mol. The average Bonchev–Trinajstić information content (AvgIpc) is 2.69. The molecule has 132 valence electrons. The molecular weight excluding hydrogens is 330 g/mol. The SMILES string of the molecule is CC1CN(C(=O)c2n[nH]c(=O)c3ccccc23)C(c2ccccc2)CO1. The quantitative estimate of drug-likeness (QED) is 0.771. The standard InChI is InChI=1S/C20H19N3O3/c1-13-11-23(17(12-26-13)14-7-3-2-4-8-14)20(25)18-15-9-5-6-10-16(15)19(24)22-21-18/h2-10,13,17H,11-12H2,1H3,(H,22,24). The fourth-order valence-electron chi connectivity index (χ4n) is 3.39. The van der Waals surface area contributed by atoms with Crippen LogP contribution in [0.1, 0.15) is 29.0 Å². The first-order chi connectivity index (χ1) is 12.6. The minimum Gasteiger partial charge on any atom is -0.374 e. The van der Waals surface area contributed by atoms with Crippen LogP contribution >= 0.6 is 0 Å². The second-order valence-corrected chi connectivity index (χ2v) is 6.47. The Bertz CT molecular complexity index is 1000. The van der Waals surface area contributed by atoms with Gasteiger partial charge >= 0.3 is 0 Å². The summed E-state index contributed by atoms with van der Waals surface area (Å²) in [6, 6.07) is 16.7. The minimum absolute atomic E-state index is 0.0621. The van der Waals surface area contributed by atoms with Crippen LogP contribution in [-0.4, -0.2) is 40.3 Å². The van der Waals surface area contributed by atoms with Crippen molar-refractivity contribution in [1.29, 1.82) is 0 Å². The van der Waals surface area contributed by atoms with Crippen LogP contribution < -0.4 is 5.56 Å². The number of carbonyl (C=O) groups excluding carboxylic acids is 1. The molecule has 1 aromatic heterocycles. The zero-order valence-electron chi connectivity index (χ0n) is 14.4. The second kappa shape index (κ2) is 6.72. The van der Waals surface area contributed by atoms with Crippen molar-refractivity contribution in [1.82, 2.24) is 15.1 Å². The maximum atomic E-state index is 13.3. The highest BCUT2D eigenvalue weighted by Gasteiger charge is 2.33. The molecule has 0 saturated carbocycles. The molecule has 2 heterocycles. The number of hydrogen-bond acceptors (Lipinski definition) is 4. The molecule has 2 unspecified atom stereocenters. The van der Waals surface area contributed by atoms with E-state index >= 15 is 0 Å². The van der Waals surface area contributed by atoms with Crippen LogP contribution in [0.15, 0.2) is 59.4 Å². The number of morpholine rings is 1. The molecule has 0 aliphatic carbocycles. The summed E-state index contributed by atoms with van der Waals surface area (Å²) in [5.74, 6) is -0.207. The van der Waals surface area contributed by atoms with Crippen molar-refractivity contribution in [2.75, 3.05) is 13.2 Å². The number of aromatic amines is 1. The maximum absolute atomic E-state index is 13.3. The highest BCUT2D eigenvalue weighted by Crippen LogP contribution is 2.28. The van der Waals surface area contributed by atoms with Crippen molar-refractivity contribution in [3.8, 4) is 0 Å². The molecule has 1 amide bonds. The van der Waals surface area contributed by atoms with Gasteiger partial charge in [-0.3, -0.25) is 9.59 Å². The number of rotatable bonds is 2. The molecule has 1 fully saturated rings. The summed E-state index contributed by atoms with van der Waals surface area (Å²) < 4.78 is 5.80. The third kappa shape index (κ3) is 2.88. The Hall–Kier alpha value is -2.99. The topological polar surface area (TPSA) is 75.3 Å². The van der Waals surface area contributed by atoms with Crippen LogP contribution in [0.2, 0.25) is 0 Å². The van der Waals surface area contributed by atoms with E-state index in [1.165, 1.54) is 0 Å². The summed E-state index contributed by atoms with van der Waals surface area (Å²) in [6.45, 7) is 2.84. The zero-order valence-corrected chi connectivity index (χ0v) is 14.4. The van der Waals surface area contributed by atoms with E-state index in [0.717, 1.165) is 5.56 Å². The van der Waals surface area contributed by atoms with Gasteiger partial charge in [0, 0.05) is 11.9 Å². The molecule has 1 aliphatic rings. The first-order valence-corrected chi connectivity index (χ1v) is 8.60. The van der Waals surface area contributed by atoms with E-state index in [4.69, 9.17) is 4.74 Å². The van der Waals surface area contributed by atoms with E-state index in [2.05, 4.69) is 10.2 Å². The predicted octanol–water partition coefficient (Wildman–Crippen LogP) is 2.53. The van der Waals surface area contributed by atoms with E-state index in [1.54, 1.807) is 29.2 Å². The van der Waals surface area contributed by atoms with Crippen molar-refractivity contribution >= 4 is 16.7 Å². The van der Waals surface area contributed by atoms with Gasteiger partial charge in [0.1, 0.15) is 0 Å². The average molecular weight is 349 g/mol. The first kappa shape index (κ1) is 16.5. The predicted molar refractivity (Wildman–Crippen MR) is 98.0 cm³/mol. The molecule has 26 heavy (non-hydrogen) atoms. The van der Waals surface area contributed by atoms with E-state index in [-0.39, 0.29) is 29.3 Å². The second-order valence-electron chi connectivity index (χ2n) is 6.47. The largest absolute Gasteiger partial charge is 0.374 e. The Morgan fingerprint density at radius 2 is 1.81 bits per heavy atom. The molecule has 1 saturated heterocycles. The number of H-pyrrole nitrogens is 1. The lowest BCUT2D eigenvalue weighted by Gasteiger charge is -2.38. The van der Waals surface area contributed by atoms with Crippen LogP contribution in [0, 0.1) is 0 Å². The van der Waals surface area contributed by atoms with Crippen molar-refractivity contribution in [3.63, 3.8) is 0 Å². The van der Waals surface area contributed by atoms with Gasteiger partial charge in [-0.05, 0) is 18.6 Å². The molecule has 0 spiro atoms.